The first kappa shape index (κ1) is 20.6. The van der Waals surface area contributed by atoms with Crippen molar-refractivity contribution in [3.8, 4) is 16.9 Å². The number of piperidine rings is 1. The number of hydrogen-bond donors (Lipinski definition) is 2. The molecule has 0 aromatic heterocycles. The molecule has 30 heavy (non-hydrogen) atoms. The normalized spacial score (nSPS) is 19.9. The summed E-state index contributed by atoms with van der Waals surface area (Å²) < 4.78 is 5.84. The second-order valence-corrected chi connectivity index (χ2v) is 8.44. The van der Waals surface area contributed by atoms with Gasteiger partial charge >= 0.3 is 0 Å². The van der Waals surface area contributed by atoms with Crippen molar-refractivity contribution in [2.75, 3.05) is 26.2 Å². The van der Waals surface area contributed by atoms with Gasteiger partial charge < -0.3 is 14.7 Å². The lowest BCUT2D eigenvalue weighted by molar-refractivity contribution is -0.909. The minimum atomic E-state index is -0.431. The van der Waals surface area contributed by atoms with Crippen LogP contribution in [0.2, 0.25) is 0 Å². The molecule has 0 spiro atoms. The van der Waals surface area contributed by atoms with Gasteiger partial charge in [-0.1, -0.05) is 72.8 Å². The van der Waals surface area contributed by atoms with Crippen LogP contribution < -0.4 is 9.64 Å². The van der Waals surface area contributed by atoms with Crippen LogP contribution in [0, 0.1) is 5.92 Å². The van der Waals surface area contributed by atoms with Gasteiger partial charge in [-0.3, -0.25) is 0 Å². The predicted molar refractivity (Wildman–Crippen MR) is 122 cm³/mol. The smallest absolute Gasteiger partial charge is 0.137 e. The van der Waals surface area contributed by atoms with E-state index in [0.29, 0.717) is 6.61 Å². The highest BCUT2D eigenvalue weighted by Crippen LogP contribution is 2.22. The quantitative estimate of drug-likeness (QED) is 0.603. The summed E-state index contributed by atoms with van der Waals surface area (Å²) in [6.07, 6.45) is 3.22. The van der Waals surface area contributed by atoms with Crippen LogP contribution in [0.3, 0.4) is 0 Å². The molecule has 0 radical (unpaired) electrons. The van der Waals surface area contributed by atoms with Gasteiger partial charge in [-0.15, -0.1) is 0 Å². The van der Waals surface area contributed by atoms with Crippen molar-refractivity contribution in [1.82, 2.24) is 0 Å². The standard InChI is InChI=1S/C27H31NO2/c29-26(20-28-17-15-23(16-18-28)19-22-7-3-1-4-8-22)21-30-27-13-11-25(12-14-27)24-9-5-2-6-10-24/h1-14,23,26,29H,15-21H2/p+1/t26-/m1/s1. The number of ether oxygens (including phenoxy) is 1. The van der Waals surface area contributed by atoms with E-state index in [1.54, 1.807) is 0 Å². The molecule has 1 saturated heterocycles. The van der Waals surface area contributed by atoms with E-state index >= 15 is 0 Å². The van der Waals surface area contributed by atoms with Gasteiger partial charge in [0.1, 0.15) is 25.0 Å². The fourth-order valence-electron chi connectivity index (χ4n) is 4.40. The summed E-state index contributed by atoms with van der Waals surface area (Å²) in [5, 5.41) is 10.5. The monoisotopic (exact) mass is 402 g/mol. The van der Waals surface area contributed by atoms with Crippen molar-refractivity contribution in [2.24, 2.45) is 5.92 Å². The SMILES string of the molecule is O[C@@H](COc1ccc(-c2ccccc2)cc1)C[NH+]1CCC(Cc2ccccc2)CC1. The number of rotatable bonds is 8. The average Bonchev–Trinajstić information content (AvgIpc) is 2.81. The Balaban J connectivity index is 1.18. The molecule has 3 nitrogen and oxygen atoms in total. The fourth-order valence-corrected chi connectivity index (χ4v) is 4.40. The molecule has 0 aliphatic carbocycles. The van der Waals surface area contributed by atoms with Crippen molar-refractivity contribution < 1.29 is 14.7 Å². The molecular weight excluding hydrogens is 370 g/mol. The Hall–Kier alpha value is -2.62. The summed E-state index contributed by atoms with van der Waals surface area (Å²) >= 11 is 0. The molecule has 156 valence electrons. The van der Waals surface area contributed by atoms with Crippen molar-refractivity contribution in [3.05, 3.63) is 90.5 Å². The molecule has 1 atom stereocenters. The molecule has 0 bridgehead atoms. The zero-order valence-electron chi connectivity index (χ0n) is 17.5. The molecule has 3 heteroatoms. The molecule has 3 aromatic carbocycles. The first-order valence-electron chi connectivity index (χ1n) is 11.1. The molecule has 3 aromatic rings. The van der Waals surface area contributed by atoms with Crippen molar-refractivity contribution >= 4 is 0 Å². The Labute approximate surface area is 179 Å². The predicted octanol–water partition coefficient (Wildman–Crippen LogP) is 3.63. The Bertz CT molecular complexity index is 872. The first-order chi connectivity index (χ1) is 14.8. The lowest BCUT2D eigenvalue weighted by atomic mass is 9.90. The van der Waals surface area contributed by atoms with E-state index in [9.17, 15) is 5.11 Å². The molecule has 4 rings (SSSR count). The van der Waals surface area contributed by atoms with Gasteiger partial charge in [0, 0.05) is 0 Å². The number of nitrogens with one attached hydrogen (secondary N) is 1. The van der Waals surface area contributed by atoms with Gasteiger partial charge in [0.25, 0.3) is 0 Å². The number of aliphatic hydroxyl groups excluding tert-OH is 1. The van der Waals surface area contributed by atoms with Crippen molar-refractivity contribution in [3.63, 3.8) is 0 Å². The zero-order valence-corrected chi connectivity index (χ0v) is 17.5. The van der Waals surface area contributed by atoms with E-state index in [1.807, 2.05) is 30.3 Å². The third kappa shape index (κ3) is 5.94. The van der Waals surface area contributed by atoms with E-state index in [2.05, 4.69) is 54.6 Å². The second-order valence-electron chi connectivity index (χ2n) is 8.44. The molecule has 1 fully saturated rings. The van der Waals surface area contributed by atoms with Gasteiger partial charge in [-0.2, -0.15) is 0 Å². The van der Waals surface area contributed by atoms with Gasteiger partial charge in [-0.25, -0.2) is 0 Å². The number of aliphatic hydroxyl groups is 1. The molecular formula is C27H32NO2+. The molecule has 0 unspecified atom stereocenters. The number of benzene rings is 3. The first-order valence-corrected chi connectivity index (χ1v) is 11.1. The second kappa shape index (κ2) is 10.4. The van der Waals surface area contributed by atoms with Crippen LogP contribution in [0.25, 0.3) is 11.1 Å². The Morgan fingerprint density at radius 1 is 0.800 bits per heavy atom. The molecule has 2 N–H and O–H groups in total. The van der Waals surface area contributed by atoms with Crippen molar-refractivity contribution in [1.29, 1.82) is 0 Å². The molecule has 1 heterocycles. The van der Waals surface area contributed by atoms with Crippen LogP contribution in [0.4, 0.5) is 0 Å². The van der Waals surface area contributed by atoms with Gasteiger partial charge in [0.15, 0.2) is 0 Å². The molecule has 0 amide bonds. The minimum absolute atomic E-state index is 0.349. The van der Waals surface area contributed by atoms with E-state index in [0.717, 1.165) is 31.3 Å². The van der Waals surface area contributed by atoms with Crippen LogP contribution in [0.1, 0.15) is 18.4 Å². The lowest BCUT2D eigenvalue weighted by Crippen LogP contribution is -3.14. The summed E-state index contributed by atoms with van der Waals surface area (Å²) in [6, 6.07) is 29.2. The highest BCUT2D eigenvalue weighted by Gasteiger charge is 2.24. The third-order valence-electron chi connectivity index (χ3n) is 6.11. The van der Waals surface area contributed by atoms with E-state index < -0.39 is 6.10 Å². The molecule has 1 aliphatic rings. The number of likely N-dealkylation sites (tertiary alicyclic amines) is 1. The van der Waals surface area contributed by atoms with E-state index in [-0.39, 0.29) is 0 Å². The third-order valence-corrected chi connectivity index (χ3v) is 6.11. The van der Waals surface area contributed by atoms with Crippen LogP contribution in [0.15, 0.2) is 84.9 Å². The van der Waals surface area contributed by atoms with Crippen LogP contribution in [-0.2, 0) is 6.42 Å². The molecule has 0 saturated carbocycles. The number of quaternary nitrogens is 1. The highest BCUT2D eigenvalue weighted by molar-refractivity contribution is 5.63. The van der Waals surface area contributed by atoms with Crippen molar-refractivity contribution in [2.45, 2.75) is 25.4 Å². The van der Waals surface area contributed by atoms with Crippen LogP contribution >= 0.6 is 0 Å². The largest absolute Gasteiger partial charge is 0.491 e. The summed E-state index contributed by atoms with van der Waals surface area (Å²) in [4.78, 5) is 1.50. The highest BCUT2D eigenvalue weighted by atomic mass is 16.5. The van der Waals surface area contributed by atoms with E-state index in [4.69, 9.17) is 4.74 Å². The van der Waals surface area contributed by atoms with Crippen LogP contribution in [-0.4, -0.2) is 37.5 Å². The maximum Gasteiger partial charge on any atom is 0.137 e. The maximum atomic E-state index is 10.5. The fraction of sp³-hybridized carbons (Fsp3) is 0.333. The Kier molecular flexibility index (Phi) is 7.17. The summed E-state index contributed by atoms with van der Waals surface area (Å²) in [7, 11) is 0. The number of hydrogen-bond acceptors (Lipinski definition) is 2. The average molecular weight is 403 g/mol. The lowest BCUT2D eigenvalue weighted by Gasteiger charge is -2.30. The Morgan fingerprint density at radius 2 is 1.40 bits per heavy atom. The zero-order chi connectivity index (χ0) is 20.6. The van der Waals surface area contributed by atoms with E-state index in [1.165, 1.54) is 40.9 Å². The minimum Gasteiger partial charge on any atom is -0.491 e. The topological polar surface area (TPSA) is 33.9 Å². The summed E-state index contributed by atoms with van der Waals surface area (Å²) in [6.45, 7) is 3.39. The maximum absolute atomic E-state index is 10.5. The van der Waals surface area contributed by atoms with Gasteiger partial charge in [0.05, 0.1) is 13.1 Å². The van der Waals surface area contributed by atoms with Gasteiger partial charge in [-0.05, 0) is 54.0 Å². The summed E-state index contributed by atoms with van der Waals surface area (Å²) in [5.41, 5.74) is 3.81. The van der Waals surface area contributed by atoms with Crippen LogP contribution in [0.5, 0.6) is 5.75 Å². The molecule has 1 aliphatic heterocycles. The van der Waals surface area contributed by atoms with Gasteiger partial charge in [0.2, 0.25) is 0 Å². The summed E-state index contributed by atoms with van der Waals surface area (Å²) in [5.74, 6) is 1.58. The Morgan fingerprint density at radius 3 is 2.07 bits per heavy atom.